The van der Waals surface area contributed by atoms with Gasteiger partial charge in [0.2, 0.25) is 0 Å². The first-order valence-corrected chi connectivity index (χ1v) is 13.0. The normalized spacial score (nSPS) is 23.5. The van der Waals surface area contributed by atoms with Crippen LogP contribution >= 0.6 is 0 Å². The van der Waals surface area contributed by atoms with Crippen molar-refractivity contribution in [3.05, 3.63) is 53.1 Å². The highest BCUT2D eigenvalue weighted by atomic mass is 32.2. The van der Waals surface area contributed by atoms with E-state index < -0.39 is 31.8 Å². The number of nitrogens with one attached hydrogen (secondary N) is 3. The van der Waals surface area contributed by atoms with Gasteiger partial charge in [-0.15, -0.1) is 0 Å². The molecule has 3 N–H and O–H groups in total. The van der Waals surface area contributed by atoms with Gasteiger partial charge in [-0.25, -0.2) is 17.8 Å². The third-order valence-electron chi connectivity index (χ3n) is 7.05. The number of likely N-dealkylation sites (tertiary alicyclic amines) is 1. The van der Waals surface area contributed by atoms with E-state index in [1.807, 2.05) is 11.9 Å². The lowest BCUT2D eigenvalue weighted by molar-refractivity contribution is 0.102. The maximum atomic E-state index is 15.0. The Balaban J connectivity index is 1.62. The Kier molecular flexibility index (Phi) is 6.35. The average molecular weight is 504 g/mol. The first-order chi connectivity index (χ1) is 16.4. The summed E-state index contributed by atoms with van der Waals surface area (Å²) in [5.41, 5.74) is -0.232. The van der Waals surface area contributed by atoms with E-state index in [1.54, 1.807) is 19.9 Å². The van der Waals surface area contributed by atoms with Crippen LogP contribution in [0.5, 0.6) is 5.75 Å². The number of sulfone groups is 1. The molecule has 188 valence electrons. The van der Waals surface area contributed by atoms with Crippen LogP contribution in [0.1, 0.15) is 41.4 Å². The van der Waals surface area contributed by atoms with Gasteiger partial charge in [0.25, 0.3) is 5.91 Å². The molecule has 1 atom stereocenters. The summed E-state index contributed by atoms with van der Waals surface area (Å²) >= 11 is 0. The number of hydrogen-bond donors (Lipinski definition) is 3. The number of pyridine rings is 1. The van der Waals surface area contributed by atoms with Crippen LogP contribution in [0.25, 0.3) is 0 Å². The number of rotatable bonds is 4. The van der Waals surface area contributed by atoms with E-state index in [4.69, 9.17) is 10.1 Å². The minimum absolute atomic E-state index is 0.0609. The van der Waals surface area contributed by atoms with Crippen LogP contribution in [-0.4, -0.2) is 67.8 Å². The number of carbonyl (C=O) groups is 1. The fourth-order valence-corrected chi connectivity index (χ4v) is 7.33. The van der Waals surface area contributed by atoms with Crippen molar-refractivity contribution in [1.82, 2.24) is 15.2 Å². The van der Waals surface area contributed by atoms with Crippen molar-refractivity contribution in [1.29, 1.82) is 5.41 Å². The lowest BCUT2D eigenvalue weighted by Crippen LogP contribution is -2.68. The number of methoxy groups -OCH3 is 1. The molecule has 2 aromatic rings. The molecule has 1 amide bonds. The number of aromatic nitrogens is 1. The highest BCUT2D eigenvalue weighted by Crippen LogP contribution is 2.41. The Labute approximate surface area is 204 Å². The Hall–Kier alpha value is -3.05. The Morgan fingerprint density at radius 3 is 2.57 bits per heavy atom. The maximum Gasteiger partial charge on any atom is 0.274 e. The summed E-state index contributed by atoms with van der Waals surface area (Å²) in [6.07, 6.45) is 2.07. The largest absolute Gasteiger partial charge is 0.495 e. The van der Waals surface area contributed by atoms with Crippen LogP contribution in [-0.2, 0) is 15.4 Å². The minimum Gasteiger partial charge on any atom is -0.495 e. The van der Waals surface area contributed by atoms with Gasteiger partial charge >= 0.3 is 0 Å². The first-order valence-electron chi connectivity index (χ1n) is 11.3. The van der Waals surface area contributed by atoms with Gasteiger partial charge in [0, 0.05) is 11.3 Å². The topological polar surface area (TPSA) is 124 Å². The number of nitrogens with zero attached hydrogens (tertiary/aromatic N) is 2. The molecule has 1 spiro atoms. The monoisotopic (exact) mass is 503 g/mol. The van der Waals surface area contributed by atoms with E-state index >= 15 is 4.39 Å². The van der Waals surface area contributed by atoms with Crippen LogP contribution in [0, 0.1) is 18.2 Å². The van der Waals surface area contributed by atoms with E-state index in [-0.39, 0.29) is 28.5 Å². The number of benzene rings is 1. The zero-order valence-corrected chi connectivity index (χ0v) is 21.1. The molecular formula is C24H30FN5O4S. The Bertz CT molecular complexity index is 1290. The van der Waals surface area contributed by atoms with Crippen molar-refractivity contribution in [3.8, 4) is 5.75 Å². The molecule has 0 unspecified atom stereocenters. The molecule has 35 heavy (non-hydrogen) atoms. The molecule has 0 bridgehead atoms. The van der Waals surface area contributed by atoms with Gasteiger partial charge in [-0.3, -0.25) is 10.2 Å². The standard InChI is InChI=1S/C24H30FN5O4S/c1-15-11-17(34-4)13-27-20(15)21(31)28-16-5-6-19(25)18(12-16)23(2)14-35(32,33)24(22(26)29-23)7-9-30(3)10-8-24/h5-6,11-13H,7-10,14H2,1-4H3,(H2,26,29)(H,28,31)/t23-/m0/s1. The molecule has 3 heterocycles. The van der Waals surface area contributed by atoms with Crippen molar-refractivity contribution >= 4 is 27.3 Å². The van der Waals surface area contributed by atoms with Crippen LogP contribution < -0.4 is 15.4 Å². The lowest BCUT2D eigenvalue weighted by atomic mass is 9.88. The molecule has 2 saturated heterocycles. The van der Waals surface area contributed by atoms with E-state index in [2.05, 4.69) is 15.6 Å². The number of amides is 1. The fraction of sp³-hybridized carbons (Fsp3) is 0.458. The molecule has 0 saturated carbocycles. The number of aryl methyl sites for hydroxylation is 1. The smallest absolute Gasteiger partial charge is 0.274 e. The van der Waals surface area contributed by atoms with E-state index in [1.165, 1.54) is 31.5 Å². The zero-order chi connectivity index (χ0) is 25.6. The van der Waals surface area contributed by atoms with E-state index in [0.717, 1.165) is 0 Å². The number of piperidine rings is 1. The Morgan fingerprint density at radius 1 is 1.29 bits per heavy atom. The molecule has 0 radical (unpaired) electrons. The predicted octanol–water partition coefficient (Wildman–Crippen LogP) is 2.46. The van der Waals surface area contributed by atoms with Crippen molar-refractivity contribution in [2.24, 2.45) is 0 Å². The number of halogens is 1. The van der Waals surface area contributed by atoms with Gasteiger partial charge in [0.05, 0.1) is 24.6 Å². The second kappa shape index (κ2) is 8.87. The summed E-state index contributed by atoms with van der Waals surface area (Å²) < 4.78 is 45.9. The predicted molar refractivity (Wildman–Crippen MR) is 131 cm³/mol. The maximum absolute atomic E-state index is 15.0. The number of amidine groups is 1. The van der Waals surface area contributed by atoms with Crippen molar-refractivity contribution in [2.75, 3.05) is 38.3 Å². The highest BCUT2D eigenvalue weighted by molar-refractivity contribution is 7.93. The summed E-state index contributed by atoms with van der Waals surface area (Å²) in [7, 11) is -0.349. The van der Waals surface area contributed by atoms with Crippen molar-refractivity contribution in [2.45, 2.75) is 37.0 Å². The zero-order valence-electron chi connectivity index (χ0n) is 20.2. The van der Waals surface area contributed by atoms with E-state index in [9.17, 15) is 13.2 Å². The summed E-state index contributed by atoms with van der Waals surface area (Å²) in [6.45, 7) is 4.42. The average Bonchev–Trinajstić information content (AvgIpc) is 2.79. The van der Waals surface area contributed by atoms with Gasteiger partial charge in [0.1, 0.15) is 27.8 Å². The SMILES string of the molecule is COc1cnc(C(=O)Nc2ccc(F)c([C@]3(C)CS(=O)(=O)C4(CCN(C)CC4)C(=N)N3)c2)c(C)c1. The quantitative estimate of drug-likeness (QED) is 0.585. The molecule has 4 rings (SSSR count). The van der Waals surface area contributed by atoms with Crippen molar-refractivity contribution in [3.63, 3.8) is 0 Å². The van der Waals surface area contributed by atoms with Gasteiger partial charge in [-0.2, -0.15) is 0 Å². The molecule has 1 aromatic carbocycles. The van der Waals surface area contributed by atoms with E-state index in [0.29, 0.717) is 37.2 Å². The molecule has 9 nitrogen and oxygen atoms in total. The third-order valence-corrected chi connectivity index (χ3v) is 9.81. The molecule has 2 aliphatic rings. The summed E-state index contributed by atoms with van der Waals surface area (Å²) in [5, 5.41) is 14.4. The molecular weight excluding hydrogens is 473 g/mol. The third kappa shape index (κ3) is 4.38. The number of ether oxygens (including phenoxy) is 1. The molecule has 0 aliphatic carbocycles. The second-order valence-corrected chi connectivity index (χ2v) is 11.9. The summed E-state index contributed by atoms with van der Waals surface area (Å²) in [5.74, 6) is -1.06. The highest BCUT2D eigenvalue weighted by Gasteiger charge is 2.57. The van der Waals surface area contributed by atoms with Gasteiger partial charge in [-0.05, 0) is 76.7 Å². The van der Waals surface area contributed by atoms with Gasteiger partial charge in [0.15, 0.2) is 9.84 Å². The van der Waals surface area contributed by atoms with Crippen molar-refractivity contribution < 1.29 is 22.3 Å². The van der Waals surface area contributed by atoms with Crippen LogP contribution in [0.3, 0.4) is 0 Å². The van der Waals surface area contributed by atoms with Gasteiger partial charge in [-0.1, -0.05) is 0 Å². The number of anilines is 1. The minimum atomic E-state index is -3.77. The number of hydrogen-bond acceptors (Lipinski definition) is 7. The summed E-state index contributed by atoms with van der Waals surface area (Å²) in [6, 6.07) is 5.68. The Morgan fingerprint density at radius 2 is 1.97 bits per heavy atom. The van der Waals surface area contributed by atoms with Crippen LogP contribution in [0.15, 0.2) is 30.5 Å². The van der Waals surface area contributed by atoms with Crippen LogP contribution in [0.2, 0.25) is 0 Å². The van der Waals surface area contributed by atoms with Gasteiger partial charge < -0.3 is 20.3 Å². The second-order valence-electron chi connectivity index (χ2n) is 9.58. The number of carbonyl (C=O) groups excluding carboxylic acids is 1. The first kappa shape index (κ1) is 25.1. The molecule has 11 heteroatoms. The lowest BCUT2D eigenvalue weighted by Gasteiger charge is -2.49. The molecule has 2 aliphatic heterocycles. The fourth-order valence-electron chi connectivity index (χ4n) is 4.90. The molecule has 2 fully saturated rings. The summed E-state index contributed by atoms with van der Waals surface area (Å²) in [4.78, 5) is 19.0. The van der Waals surface area contributed by atoms with Crippen LogP contribution in [0.4, 0.5) is 10.1 Å². The molecule has 1 aromatic heterocycles.